The molecule has 1 rings (SSSR count). The number of carbonyl (C=O) groups is 1. The summed E-state index contributed by atoms with van der Waals surface area (Å²) in [5.41, 5.74) is 5.41. The highest BCUT2D eigenvalue weighted by atomic mass is 16.6. The molecule has 2 unspecified atom stereocenters. The Hall–Kier alpha value is -0.610. The minimum Gasteiger partial charge on any atom is -0.459 e. The maximum Gasteiger partial charge on any atom is 0.323 e. The van der Waals surface area contributed by atoms with E-state index in [1.165, 1.54) is 6.42 Å². The van der Waals surface area contributed by atoms with E-state index in [0.29, 0.717) is 5.92 Å². The number of carbonyl (C=O) groups excluding carboxylic acids is 1. The summed E-state index contributed by atoms with van der Waals surface area (Å²) in [6.45, 7) is 7.63. The number of nitrogens with one attached hydrogen (secondary N) is 1. The Balaban J connectivity index is 2.33. The van der Waals surface area contributed by atoms with Crippen LogP contribution in [0.4, 0.5) is 0 Å². The largest absolute Gasteiger partial charge is 0.459 e. The number of hydrogen-bond acceptors (Lipinski definition) is 4. The number of rotatable bonds is 3. The Labute approximate surface area is 97.9 Å². The minimum atomic E-state index is -0.482. The fourth-order valence-electron chi connectivity index (χ4n) is 1.96. The number of nitrogens with two attached hydrogens (primary N) is 1. The van der Waals surface area contributed by atoms with Crippen molar-refractivity contribution in [2.45, 2.75) is 51.7 Å². The Morgan fingerprint density at radius 1 is 1.56 bits per heavy atom. The average Bonchev–Trinajstić information content (AvgIpc) is 2.16. The van der Waals surface area contributed by atoms with Gasteiger partial charge in [-0.2, -0.15) is 0 Å². The fourth-order valence-corrected chi connectivity index (χ4v) is 1.96. The highest BCUT2D eigenvalue weighted by molar-refractivity contribution is 5.75. The molecule has 0 aromatic rings. The molecule has 0 bridgehead atoms. The van der Waals surface area contributed by atoms with Crippen molar-refractivity contribution >= 4 is 5.97 Å². The van der Waals surface area contributed by atoms with Crippen molar-refractivity contribution < 1.29 is 9.53 Å². The van der Waals surface area contributed by atoms with Crippen molar-refractivity contribution in [1.29, 1.82) is 0 Å². The van der Waals surface area contributed by atoms with Gasteiger partial charge < -0.3 is 15.8 Å². The van der Waals surface area contributed by atoms with Crippen LogP contribution >= 0.6 is 0 Å². The van der Waals surface area contributed by atoms with E-state index < -0.39 is 11.6 Å². The van der Waals surface area contributed by atoms with Crippen molar-refractivity contribution in [3.05, 3.63) is 0 Å². The van der Waals surface area contributed by atoms with Gasteiger partial charge in [0.2, 0.25) is 0 Å². The van der Waals surface area contributed by atoms with Crippen LogP contribution in [0, 0.1) is 5.92 Å². The highest BCUT2D eigenvalue weighted by Gasteiger charge is 2.25. The summed E-state index contributed by atoms with van der Waals surface area (Å²) in [5, 5.41) is 3.32. The van der Waals surface area contributed by atoms with Gasteiger partial charge in [-0.15, -0.1) is 0 Å². The SMILES string of the molecule is CC(C)(C)OC(=O)C(N)CC1CCCNC1. The van der Waals surface area contributed by atoms with E-state index in [1.807, 2.05) is 20.8 Å². The summed E-state index contributed by atoms with van der Waals surface area (Å²) in [5.74, 6) is 0.231. The number of hydrogen-bond donors (Lipinski definition) is 2. The van der Waals surface area contributed by atoms with Crippen LogP contribution in [0.5, 0.6) is 0 Å². The smallest absolute Gasteiger partial charge is 0.323 e. The average molecular weight is 228 g/mol. The van der Waals surface area contributed by atoms with E-state index in [0.717, 1.165) is 25.9 Å². The molecule has 0 aliphatic carbocycles. The van der Waals surface area contributed by atoms with E-state index in [2.05, 4.69) is 5.32 Å². The Morgan fingerprint density at radius 3 is 2.75 bits per heavy atom. The second kappa shape index (κ2) is 5.64. The van der Waals surface area contributed by atoms with Crippen LogP contribution in [-0.4, -0.2) is 30.7 Å². The van der Waals surface area contributed by atoms with Crippen LogP contribution in [0.15, 0.2) is 0 Å². The molecule has 0 radical (unpaired) electrons. The van der Waals surface area contributed by atoms with Crippen molar-refractivity contribution in [1.82, 2.24) is 5.32 Å². The van der Waals surface area contributed by atoms with E-state index in [1.54, 1.807) is 0 Å². The summed E-state index contributed by atoms with van der Waals surface area (Å²) in [6.07, 6.45) is 3.05. The molecule has 1 aliphatic heterocycles. The van der Waals surface area contributed by atoms with Gasteiger partial charge in [0, 0.05) is 0 Å². The lowest BCUT2D eigenvalue weighted by Gasteiger charge is -2.26. The standard InChI is InChI=1S/C12H24N2O2/c1-12(2,3)16-11(15)10(13)7-9-5-4-6-14-8-9/h9-10,14H,4-8,13H2,1-3H3. The quantitative estimate of drug-likeness (QED) is 0.709. The van der Waals surface area contributed by atoms with Gasteiger partial charge in [-0.1, -0.05) is 0 Å². The zero-order valence-corrected chi connectivity index (χ0v) is 10.6. The van der Waals surface area contributed by atoms with E-state index >= 15 is 0 Å². The molecule has 0 amide bonds. The Kier molecular flexibility index (Phi) is 4.74. The molecule has 1 saturated heterocycles. The van der Waals surface area contributed by atoms with Gasteiger partial charge in [0.25, 0.3) is 0 Å². The van der Waals surface area contributed by atoms with Crippen LogP contribution in [0.2, 0.25) is 0 Å². The molecule has 94 valence electrons. The zero-order valence-electron chi connectivity index (χ0n) is 10.6. The van der Waals surface area contributed by atoms with Crippen LogP contribution in [0.1, 0.15) is 40.0 Å². The predicted molar refractivity (Wildman–Crippen MR) is 64.0 cm³/mol. The van der Waals surface area contributed by atoms with Gasteiger partial charge in [-0.3, -0.25) is 4.79 Å². The van der Waals surface area contributed by atoms with Gasteiger partial charge in [0.15, 0.2) is 0 Å². The predicted octanol–water partition coefficient (Wildman–Crippen LogP) is 1.05. The molecule has 0 spiro atoms. The normalized spacial score (nSPS) is 23.9. The fraction of sp³-hybridized carbons (Fsp3) is 0.917. The number of ether oxygens (including phenoxy) is 1. The first-order valence-electron chi connectivity index (χ1n) is 6.07. The van der Waals surface area contributed by atoms with E-state index in [9.17, 15) is 4.79 Å². The first-order chi connectivity index (χ1) is 7.38. The molecular formula is C12H24N2O2. The summed E-state index contributed by atoms with van der Waals surface area (Å²) in [6, 6.07) is -0.482. The number of esters is 1. The van der Waals surface area contributed by atoms with E-state index in [-0.39, 0.29) is 5.97 Å². The molecule has 16 heavy (non-hydrogen) atoms. The van der Waals surface area contributed by atoms with Crippen LogP contribution in [-0.2, 0) is 9.53 Å². The molecule has 1 heterocycles. The summed E-state index contributed by atoms with van der Waals surface area (Å²) in [4.78, 5) is 11.7. The zero-order chi connectivity index (χ0) is 12.2. The molecule has 0 aromatic heterocycles. The molecule has 4 heteroatoms. The summed E-state index contributed by atoms with van der Waals surface area (Å²) in [7, 11) is 0. The van der Waals surface area contributed by atoms with Crippen molar-refractivity contribution in [3.8, 4) is 0 Å². The molecule has 2 atom stereocenters. The monoisotopic (exact) mass is 228 g/mol. The van der Waals surface area contributed by atoms with Gasteiger partial charge in [-0.25, -0.2) is 0 Å². The van der Waals surface area contributed by atoms with Crippen molar-refractivity contribution in [2.24, 2.45) is 11.7 Å². The number of piperidine rings is 1. The van der Waals surface area contributed by atoms with Gasteiger partial charge in [-0.05, 0) is 59.0 Å². The minimum absolute atomic E-state index is 0.280. The lowest BCUT2D eigenvalue weighted by molar-refractivity contribution is -0.156. The first kappa shape index (κ1) is 13.5. The van der Waals surface area contributed by atoms with E-state index in [4.69, 9.17) is 10.5 Å². The highest BCUT2D eigenvalue weighted by Crippen LogP contribution is 2.17. The van der Waals surface area contributed by atoms with Crippen molar-refractivity contribution in [2.75, 3.05) is 13.1 Å². The third-order valence-electron chi connectivity index (χ3n) is 2.70. The lowest BCUT2D eigenvalue weighted by atomic mass is 9.93. The van der Waals surface area contributed by atoms with Gasteiger partial charge >= 0.3 is 5.97 Å². The molecular weight excluding hydrogens is 204 g/mol. The Bertz CT molecular complexity index is 230. The lowest BCUT2D eigenvalue weighted by Crippen LogP contribution is -2.41. The first-order valence-corrected chi connectivity index (χ1v) is 6.07. The molecule has 1 aliphatic rings. The second-order valence-corrected chi connectivity index (χ2v) is 5.59. The van der Waals surface area contributed by atoms with Gasteiger partial charge in [0.1, 0.15) is 11.6 Å². The Morgan fingerprint density at radius 2 is 2.25 bits per heavy atom. The third kappa shape index (κ3) is 4.94. The summed E-state index contributed by atoms with van der Waals surface area (Å²) >= 11 is 0. The maximum atomic E-state index is 11.7. The van der Waals surface area contributed by atoms with Crippen LogP contribution in [0.25, 0.3) is 0 Å². The second-order valence-electron chi connectivity index (χ2n) is 5.59. The summed E-state index contributed by atoms with van der Waals surface area (Å²) < 4.78 is 5.26. The molecule has 3 N–H and O–H groups in total. The molecule has 0 aromatic carbocycles. The van der Waals surface area contributed by atoms with Crippen LogP contribution < -0.4 is 11.1 Å². The molecule has 4 nitrogen and oxygen atoms in total. The topological polar surface area (TPSA) is 64.3 Å². The molecule has 1 fully saturated rings. The maximum absolute atomic E-state index is 11.7. The molecule has 0 saturated carbocycles. The van der Waals surface area contributed by atoms with Crippen molar-refractivity contribution in [3.63, 3.8) is 0 Å². The third-order valence-corrected chi connectivity index (χ3v) is 2.70. The van der Waals surface area contributed by atoms with Gasteiger partial charge in [0.05, 0.1) is 0 Å². The van der Waals surface area contributed by atoms with Crippen LogP contribution in [0.3, 0.4) is 0 Å².